The first kappa shape index (κ1) is 16.4. The van der Waals surface area contributed by atoms with E-state index in [4.69, 9.17) is 0 Å². The summed E-state index contributed by atoms with van der Waals surface area (Å²) < 4.78 is 0. The van der Waals surface area contributed by atoms with Crippen LogP contribution < -0.4 is 16.2 Å². The number of benzene rings is 1. The van der Waals surface area contributed by atoms with Crippen LogP contribution in [-0.2, 0) is 12.8 Å². The summed E-state index contributed by atoms with van der Waals surface area (Å²) in [5.41, 5.74) is 2.37. The number of H-pyrrole nitrogens is 1. The quantitative estimate of drug-likeness (QED) is 0.736. The van der Waals surface area contributed by atoms with Crippen molar-refractivity contribution in [1.29, 1.82) is 0 Å². The van der Waals surface area contributed by atoms with E-state index in [1.54, 1.807) is 0 Å². The van der Waals surface area contributed by atoms with E-state index in [0.29, 0.717) is 30.1 Å². The van der Waals surface area contributed by atoms with Gasteiger partial charge in [0.2, 0.25) is 0 Å². The van der Waals surface area contributed by atoms with Crippen LogP contribution in [0.5, 0.6) is 0 Å². The van der Waals surface area contributed by atoms with Gasteiger partial charge >= 0.3 is 0 Å². The van der Waals surface area contributed by atoms with Gasteiger partial charge < -0.3 is 15.6 Å². The number of amides is 1. The third-order valence-corrected chi connectivity index (χ3v) is 4.28. The summed E-state index contributed by atoms with van der Waals surface area (Å²) in [6.07, 6.45) is 4.11. The first-order valence-electron chi connectivity index (χ1n) is 8.32. The fraction of sp³-hybridized carbons (Fsp3) is 0.389. The minimum atomic E-state index is -0.180. The van der Waals surface area contributed by atoms with E-state index in [9.17, 15) is 9.59 Å². The second-order valence-electron chi connectivity index (χ2n) is 6.17. The summed E-state index contributed by atoms with van der Waals surface area (Å²) in [6.45, 7) is 2.59. The lowest BCUT2D eigenvalue weighted by Gasteiger charge is -2.10. The number of nitrogens with one attached hydrogen (secondary N) is 3. The van der Waals surface area contributed by atoms with Gasteiger partial charge in [0.1, 0.15) is 0 Å². The molecule has 3 N–H and O–H groups in total. The highest BCUT2D eigenvalue weighted by molar-refractivity contribution is 5.94. The number of carbonyl (C=O) groups excluding carboxylic acids is 1. The van der Waals surface area contributed by atoms with Crippen LogP contribution >= 0.6 is 0 Å². The van der Waals surface area contributed by atoms with E-state index in [2.05, 4.69) is 26.7 Å². The second kappa shape index (κ2) is 7.88. The standard InChI is InChI=1S/C18H22N4O2/c23-17-10-16(21-12-22-17)5-7-20-18(24)15-3-1-2-13(9-15)8-14-4-6-19-11-14/h1-3,9-10,12,14,19H,4-8,11H2,(H,20,24)(H,21,22,23). The van der Waals surface area contributed by atoms with Crippen molar-refractivity contribution < 1.29 is 4.79 Å². The highest BCUT2D eigenvalue weighted by Gasteiger charge is 2.15. The molecule has 1 aliphatic rings. The third-order valence-electron chi connectivity index (χ3n) is 4.28. The zero-order valence-electron chi connectivity index (χ0n) is 13.5. The molecule has 1 unspecified atom stereocenters. The third kappa shape index (κ3) is 4.52. The zero-order valence-corrected chi connectivity index (χ0v) is 13.5. The number of hydrogen-bond donors (Lipinski definition) is 3. The van der Waals surface area contributed by atoms with Gasteiger partial charge in [-0.2, -0.15) is 0 Å². The molecule has 3 rings (SSSR count). The summed E-state index contributed by atoms with van der Waals surface area (Å²) in [7, 11) is 0. The number of carbonyl (C=O) groups is 1. The largest absolute Gasteiger partial charge is 0.352 e. The molecule has 0 bridgehead atoms. The molecule has 0 spiro atoms. The van der Waals surface area contributed by atoms with E-state index in [0.717, 1.165) is 19.5 Å². The molecule has 2 aromatic rings. The Balaban J connectivity index is 1.53. The molecule has 1 aromatic heterocycles. The van der Waals surface area contributed by atoms with Gasteiger partial charge in [-0.05, 0) is 49.5 Å². The van der Waals surface area contributed by atoms with Crippen LogP contribution in [0.15, 0.2) is 41.5 Å². The van der Waals surface area contributed by atoms with Crippen molar-refractivity contribution in [2.45, 2.75) is 19.3 Å². The Morgan fingerprint density at radius 3 is 3.04 bits per heavy atom. The molecule has 2 heterocycles. The number of rotatable bonds is 6. The Labute approximate surface area is 140 Å². The number of aromatic amines is 1. The first-order valence-corrected chi connectivity index (χ1v) is 8.32. The van der Waals surface area contributed by atoms with Gasteiger partial charge in [-0.15, -0.1) is 0 Å². The van der Waals surface area contributed by atoms with Gasteiger partial charge in [-0.3, -0.25) is 9.59 Å². The van der Waals surface area contributed by atoms with Crippen molar-refractivity contribution in [3.63, 3.8) is 0 Å². The van der Waals surface area contributed by atoms with E-state index in [-0.39, 0.29) is 11.5 Å². The smallest absolute Gasteiger partial charge is 0.251 e. The minimum absolute atomic E-state index is 0.0914. The SMILES string of the molecule is O=C(NCCc1cc(=O)[nH]cn1)c1cccc(CC2CCNC2)c1. The predicted octanol–water partition coefficient (Wildman–Crippen LogP) is 0.894. The molecule has 0 aliphatic carbocycles. The molecule has 1 aromatic carbocycles. The Bertz CT molecular complexity index is 750. The van der Waals surface area contributed by atoms with E-state index in [1.165, 1.54) is 24.4 Å². The Morgan fingerprint density at radius 2 is 2.25 bits per heavy atom. The van der Waals surface area contributed by atoms with Crippen molar-refractivity contribution in [2.24, 2.45) is 5.92 Å². The monoisotopic (exact) mass is 326 g/mol. The lowest BCUT2D eigenvalue weighted by atomic mass is 9.97. The van der Waals surface area contributed by atoms with Crippen molar-refractivity contribution in [3.8, 4) is 0 Å². The van der Waals surface area contributed by atoms with Crippen molar-refractivity contribution in [2.75, 3.05) is 19.6 Å². The fourth-order valence-corrected chi connectivity index (χ4v) is 3.01. The van der Waals surface area contributed by atoms with Crippen LogP contribution in [0, 0.1) is 5.92 Å². The molecule has 1 fully saturated rings. The molecular weight excluding hydrogens is 304 g/mol. The van der Waals surface area contributed by atoms with Gasteiger partial charge in [0.05, 0.1) is 6.33 Å². The maximum atomic E-state index is 12.3. The Morgan fingerprint density at radius 1 is 1.33 bits per heavy atom. The van der Waals surface area contributed by atoms with Crippen molar-refractivity contribution in [3.05, 3.63) is 63.8 Å². The lowest BCUT2D eigenvalue weighted by Crippen LogP contribution is -2.26. The summed E-state index contributed by atoms with van der Waals surface area (Å²) in [4.78, 5) is 30.0. The van der Waals surface area contributed by atoms with Gasteiger partial charge in [0.15, 0.2) is 0 Å². The summed E-state index contributed by atoms with van der Waals surface area (Å²) in [5.74, 6) is 0.566. The van der Waals surface area contributed by atoms with Crippen LogP contribution in [0.3, 0.4) is 0 Å². The normalized spacial score (nSPS) is 16.9. The molecule has 1 amide bonds. The zero-order chi connectivity index (χ0) is 16.8. The summed E-state index contributed by atoms with van der Waals surface area (Å²) in [5, 5.41) is 6.25. The van der Waals surface area contributed by atoms with Crippen LogP contribution in [0.4, 0.5) is 0 Å². The molecular formula is C18H22N4O2. The molecule has 24 heavy (non-hydrogen) atoms. The number of aromatic nitrogens is 2. The molecule has 126 valence electrons. The van der Waals surface area contributed by atoms with E-state index < -0.39 is 0 Å². The van der Waals surface area contributed by atoms with Crippen molar-refractivity contribution >= 4 is 5.91 Å². The first-order chi connectivity index (χ1) is 11.7. The van der Waals surface area contributed by atoms with Gasteiger partial charge in [0.25, 0.3) is 11.5 Å². The maximum absolute atomic E-state index is 12.3. The van der Waals surface area contributed by atoms with E-state index >= 15 is 0 Å². The van der Waals surface area contributed by atoms with Crippen LogP contribution in [0.2, 0.25) is 0 Å². The molecule has 1 atom stereocenters. The van der Waals surface area contributed by atoms with Gasteiger partial charge in [-0.1, -0.05) is 12.1 Å². The van der Waals surface area contributed by atoms with Crippen LogP contribution in [0.25, 0.3) is 0 Å². The average molecular weight is 326 g/mol. The molecule has 6 heteroatoms. The highest BCUT2D eigenvalue weighted by Crippen LogP contribution is 2.16. The topological polar surface area (TPSA) is 86.9 Å². The van der Waals surface area contributed by atoms with Crippen molar-refractivity contribution in [1.82, 2.24) is 20.6 Å². The Hall–Kier alpha value is -2.47. The number of nitrogens with zero attached hydrogens (tertiary/aromatic N) is 1. The average Bonchev–Trinajstić information content (AvgIpc) is 3.08. The van der Waals surface area contributed by atoms with Crippen LogP contribution in [-0.4, -0.2) is 35.5 Å². The lowest BCUT2D eigenvalue weighted by molar-refractivity contribution is 0.0954. The van der Waals surface area contributed by atoms with Crippen LogP contribution in [0.1, 0.15) is 28.0 Å². The van der Waals surface area contributed by atoms with E-state index in [1.807, 2.05) is 18.2 Å². The Kier molecular flexibility index (Phi) is 5.38. The summed E-state index contributed by atoms with van der Waals surface area (Å²) in [6, 6.07) is 9.26. The molecule has 6 nitrogen and oxygen atoms in total. The molecule has 0 radical (unpaired) electrons. The molecule has 1 aliphatic heterocycles. The number of hydrogen-bond acceptors (Lipinski definition) is 4. The highest BCUT2D eigenvalue weighted by atomic mass is 16.1. The molecule has 1 saturated heterocycles. The maximum Gasteiger partial charge on any atom is 0.251 e. The summed E-state index contributed by atoms with van der Waals surface area (Å²) >= 11 is 0. The predicted molar refractivity (Wildman–Crippen MR) is 92.0 cm³/mol. The molecule has 0 saturated carbocycles. The minimum Gasteiger partial charge on any atom is -0.352 e. The van der Waals surface area contributed by atoms with Gasteiger partial charge in [0, 0.05) is 30.3 Å². The van der Waals surface area contributed by atoms with Gasteiger partial charge in [-0.25, -0.2) is 4.98 Å². The fourth-order valence-electron chi connectivity index (χ4n) is 3.01. The second-order valence-corrected chi connectivity index (χ2v) is 6.17.